The van der Waals surface area contributed by atoms with Gasteiger partial charge < -0.3 is 5.32 Å². The van der Waals surface area contributed by atoms with Gasteiger partial charge in [0.2, 0.25) is 6.41 Å². The Hall–Kier alpha value is -1.40. The summed E-state index contributed by atoms with van der Waals surface area (Å²) in [5.74, 6) is 0. The summed E-state index contributed by atoms with van der Waals surface area (Å²) in [4.78, 5) is 10.4. The first-order chi connectivity index (χ1) is 7.53. The van der Waals surface area contributed by atoms with Crippen LogP contribution in [0, 0.1) is 0 Å². The quantitative estimate of drug-likeness (QED) is 0.581. The molecule has 0 saturated carbocycles. The molecule has 88 valence electrons. The Bertz CT molecular complexity index is 429. The summed E-state index contributed by atoms with van der Waals surface area (Å²) in [5, 5.41) is 2.50. The summed E-state index contributed by atoms with van der Waals surface area (Å²) in [6.45, 7) is -0.110. The third-order valence-corrected chi connectivity index (χ3v) is 2.48. The lowest BCUT2D eigenvalue weighted by Crippen LogP contribution is -2.25. The number of amides is 1. The summed E-state index contributed by atoms with van der Waals surface area (Å²) in [7, 11) is -3.50. The van der Waals surface area contributed by atoms with Crippen molar-refractivity contribution < 1.29 is 17.4 Å². The molecule has 0 spiro atoms. The van der Waals surface area contributed by atoms with Crippen LogP contribution in [0.1, 0.15) is 11.6 Å². The van der Waals surface area contributed by atoms with E-state index in [-0.39, 0.29) is 6.61 Å². The van der Waals surface area contributed by atoms with Crippen molar-refractivity contribution in [2.24, 2.45) is 0 Å². The van der Waals surface area contributed by atoms with Crippen LogP contribution in [-0.2, 0) is 19.1 Å². The molecule has 0 aliphatic heterocycles. The summed E-state index contributed by atoms with van der Waals surface area (Å²) in [6.07, 6.45) is 1.49. The zero-order chi connectivity index (χ0) is 12.0. The van der Waals surface area contributed by atoms with Crippen molar-refractivity contribution in [1.82, 2.24) is 5.32 Å². The zero-order valence-corrected chi connectivity index (χ0v) is 9.61. The van der Waals surface area contributed by atoms with E-state index in [1.807, 2.05) is 6.07 Å². The molecule has 5 nitrogen and oxygen atoms in total. The molecule has 1 aromatic carbocycles. The molecule has 0 aliphatic carbocycles. The fourth-order valence-corrected chi connectivity index (χ4v) is 1.58. The minimum Gasteiger partial charge on any atom is -0.349 e. The van der Waals surface area contributed by atoms with Crippen LogP contribution in [0.4, 0.5) is 0 Å². The highest BCUT2D eigenvalue weighted by Gasteiger charge is 2.13. The molecule has 1 amide bonds. The van der Waals surface area contributed by atoms with E-state index >= 15 is 0 Å². The van der Waals surface area contributed by atoms with Crippen LogP contribution < -0.4 is 5.32 Å². The molecular formula is C10H13NO4S. The highest BCUT2D eigenvalue weighted by atomic mass is 32.2. The van der Waals surface area contributed by atoms with Crippen LogP contribution in [0.5, 0.6) is 0 Å². The van der Waals surface area contributed by atoms with E-state index in [2.05, 4.69) is 9.50 Å². The van der Waals surface area contributed by atoms with Gasteiger partial charge in [-0.05, 0) is 5.56 Å². The van der Waals surface area contributed by atoms with Crippen molar-refractivity contribution in [3.05, 3.63) is 35.9 Å². The molecular weight excluding hydrogens is 230 g/mol. The van der Waals surface area contributed by atoms with Gasteiger partial charge in [0.25, 0.3) is 10.1 Å². The van der Waals surface area contributed by atoms with Crippen molar-refractivity contribution >= 4 is 16.5 Å². The Morgan fingerprint density at radius 2 is 2.00 bits per heavy atom. The van der Waals surface area contributed by atoms with Crippen LogP contribution in [0.2, 0.25) is 0 Å². The van der Waals surface area contributed by atoms with Gasteiger partial charge in [0.15, 0.2) is 0 Å². The first-order valence-corrected chi connectivity index (χ1v) is 6.43. The molecule has 0 fully saturated rings. The van der Waals surface area contributed by atoms with Gasteiger partial charge in [-0.25, -0.2) is 0 Å². The molecule has 6 heteroatoms. The molecule has 0 aliphatic rings. The van der Waals surface area contributed by atoms with Crippen molar-refractivity contribution in [3.8, 4) is 0 Å². The first-order valence-electron chi connectivity index (χ1n) is 4.62. The number of carbonyl (C=O) groups excluding carboxylic acids is 1. The maximum Gasteiger partial charge on any atom is 0.264 e. The fraction of sp³-hybridized carbons (Fsp3) is 0.300. The highest BCUT2D eigenvalue weighted by molar-refractivity contribution is 7.85. The predicted molar refractivity (Wildman–Crippen MR) is 59.2 cm³/mol. The van der Waals surface area contributed by atoms with E-state index in [0.717, 1.165) is 11.8 Å². The standard InChI is InChI=1S/C10H13NO4S/c1-16(13,14)15-7-10(11-8-12)9-5-3-2-4-6-9/h2-6,8,10H,7H2,1H3,(H,11,12)/t10-/m1/s1. The molecule has 0 saturated heterocycles. The number of nitrogens with one attached hydrogen (secondary N) is 1. The normalized spacial score (nSPS) is 13.1. The third kappa shape index (κ3) is 4.41. The van der Waals surface area contributed by atoms with E-state index in [1.165, 1.54) is 0 Å². The van der Waals surface area contributed by atoms with E-state index in [4.69, 9.17) is 0 Å². The van der Waals surface area contributed by atoms with Gasteiger partial charge in [0.05, 0.1) is 18.9 Å². The lowest BCUT2D eigenvalue weighted by Gasteiger charge is -2.15. The zero-order valence-electron chi connectivity index (χ0n) is 8.79. The molecule has 1 atom stereocenters. The number of carbonyl (C=O) groups is 1. The van der Waals surface area contributed by atoms with Gasteiger partial charge in [-0.3, -0.25) is 8.98 Å². The SMILES string of the molecule is CS(=O)(=O)OC[C@@H](NC=O)c1ccccc1. The average molecular weight is 243 g/mol. The lowest BCUT2D eigenvalue weighted by atomic mass is 10.1. The number of benzene rings is 1. The molecule has 0 aromatic heterocycles. The molecule has 1 N–H and O–H groups in total. The molecule has 1 aromatic rings. The van der Waals surface area contributed by atoms with Crippen molar-refractivity contribution in [3.63, 3.8) is 0 Å². The van der Waals surface area contributed by atoms with Gasteiger partial charge in [0, 0.05) is 0 Å². The van der Waals surface area contributed by atoms with E-state index in [1.54, 1.807) is 24.3 Å². The summed E-state index contributed by atoms with van der Waals surface area (Å²) < 4.78 is 26.3. The van der Waals surface area contributed by atoms with E-state index in [0.29, 0.717) is 6.41 Å². The van der Waals surface area contributed by atoms with Gasteiger partial charge in [-0.1, -0.05) is 30.3 Å². The van der Waals surface area contributed by atoms with Crippen molar-refractivity contribution in [2.75, 3.05) is 12.9 Å². The van der Waals surface area contributed by atoms with Crippen LogP contribution in [0.25, 0.3) is 0 Å². The first kappa shape index (κ1) is 12.7. The predicted octanol–water partition coefficient (Wildman–Crippen LogP) is 0.450. The smallest absolute Gasteiger partial charge is 0.264 e. The average Bonchev–Trinajstić information content (AvgIpc) is 2.24. The highest BCUT2D eigenvalue weighted by Crippen LogP contribution is 2.12. The van der Waals surface area contributed by atoms with Crippen molar-refractivity contribution in [2.45, 2.75) is 6.04 Å². The Labute approximate surface area is 94.6 Å². The van der Waals surface area contributed by atoms with Crippen LogP contribution >= 0.6 is 0 Å². The maximum absolute atomic E-state index is 10.8. The summed E-state index contributed by atoms with van der Waals surface area (Å²) >= 11 is 0. The van der Waals surface area contributed by atoms with Crippen molar-refractivity contribution in [1.29, 1.82) is 0 Å². The molecule has 0 unspecified atom stereocenters. The van der Waals surface area contributed by atoms with Crippen LogP contribution in [0.3, 0.4) is 0 Å². The second-order valence-electron chi connectivity index (χ2n) is 3.24. The minimum atomic E-state index is -3.50. The third-order valence-electron chi connectivity index (χ3n) is 1.92. The molecule has 0 bridgehead atoms. The van der Waals surface area contributed by atoms with E-state index in [9.17, 15) is 13.2 Å². The van der Waals surface area contributed by atoms with Crippen LogP contribution in [-0.4, -0.2) is 27.7 Å². The Morgan fingerprint density at radius 3 is 2.50 bits per heavy atom. The summed E-state index contributed by atoms with van der Waals surface area (Å²) in [5.41, 5.74) is 0.790. The fourth-order valence-electron chi connectivity index (χ4n) is 1.20. The monoisotopic (exact) mass is 243 g/mol. The topological polar surface area (TPSA) is 72.5 Å². The number of hydrogen-bond donors (Lipinski definition) is 1. The molecule has 0 radical (unpaired) electrons. The Morgan fingerprint density at radius 1 is 1.38 bits per heavy atom. The second kappa shape index (κ2) is 5.62. The van der Waals surface area contributed by atoms with Gasteiger partial charge >= 0.3 is 0 Å². The molecule has 16 heavy (non-hydrogen) atoms. The number of rotatable bonds is 6. The largest absolute Gasteiger partial charge is 0.349 e. The Balaban J connectivity index is 2.72. The second-order valence-corrected chi connectivity index (χ2v) is 4.88. The number of hydrogen-bond acceptors (Lipinski definition) is 4. The maximum atomic E-state index is 10.8. The Kier molecular flexibility index (Phi) is 4.45. The van der Waals surface area contributed by atoms with E-state index < -0.39 is 16.2 Å². The van der Waals surface area contributed by atoms with Gasteiger partial charge in [-0.15, -0.1) is 0 Å². The summed E-state index contributed by atoms with van der Waals surface area (Å²) in [6, 6.07) is 8.54. The molecule has 1 rings (SSSR count). The minimum absolute atomic E-state index is 0.110. The van der Waals surface area contributed by atoms with Gasteiger partial charge in [-0.2, -0.15) is 8.42 Å². The lowest BCUT2D eigenvalue weighted by molar-refractivity contribution is -0.110. The van der Waals surface area contributed by atoms with Gasteiger partial charge in [0.1, 0.15) is 0 Å². The molecule has 0 heterocycles. The van der Waals surface area contributed by atoms with Crippen LogP contribution in [0.15, 0.2) is 30.3 Å².